The van der Waals surface area contributed by atoms with Crippen molar-refractivity contribution in [2.75, 3.05) is 18.1 Å². The fourth-order valence-electron chi connectivity index (χ4n) is 1.83. The second kappa shape index (κ2) is 8.07. The van der Waals surface area contributed by atoms with Crippen molar-refractivity contribution in [3.63, 3.8) is 0 Å². The van der Waals surface area contributed by atoms with Gasteiger partial charge in [0.1, 0.15) is 0 Å². The van der Waals surface area contributed by atoms with Crippen LogP contribution in [0.3, 0.4) is 0 Å². The van der Waals surface area contributed by atoms with E-state index in [1.54, 1.807) is 24.3 Å². The van der Waals surface area contributed by atoms with Crippen molar-refractivity contribution in [1.82, 2.24) is 5.32 Å². The summed E-state index contributed by atoms with van der Waals surface area (Å²) < 4.78 is 22.6. The van der Waals surface area contributed by atoms with Gasteiger partial charge in [-0.25, -0.2) is 8.42 Å². The molecule has 4 N–H and O–H groups in total. The number of sulfone groups is 1. The van der Waals surface area contributed by atoms with Crippen molar-refractivity contribution in [3.05, 3.63) is 29.8 Å². The summed E-state index contributed by atoms with van der Waals surface area (Å²) in [6.45, 7) is 3.44. The molecule has 8 heteroatoms. The zero-order valence-electron chi connectivity index (χ0n) is 13.5. The molecule has 2 amide bonds. The number of benzene rings is 1. The van der Waals surface area contributed by atoms with Crippen LogP contribution in [-0.4, -0.2) is 39.1 Å². The summed E-state index contributed by atoms with van der Waals surface area (Å²) in [4.78, 5) is 23.5. The fraction of sp³-hybridized carbons (Fsp3) is 0.467. The van der Waals surface area contributed by atoms with Crippen LogP contribution in [0.15, 0.2) is 24.3 Å². The van der Waals surface area contributed by atoms with Gasteiger partial charge in [-0.1, -0.05) is 26.0 Å². The van der Waals surface area contributed by atoms with E-state index in [9.17, 15) is 18.0 Å². The first-order valence-corrected chi connectivity index (χ1v) is 9.24. The lowest BCUT2D eigenvalue weighted by Gasteiger charge is -2.15. The third-order valence-corrected chi connectivity index (χ3v) is 3.94. The Kier molecular flexibility index (Phi) is 6.71. The largest absolute Gasteiger partial charge is 0.346 e. The van der Waals surface area contributed by atoms with Crippen molar-refractivity contribution >= 4 is 27.3 Å². The average molecular weight is 341 g/mol. The number of carbonyl (C=O) groups excluding carboxylic acids is 2. The third kappa shape index (κ3) is 7.25. The molecular formula is C15H23N3O4S. The molecule has 1 rings (SSSR count). The highest BCUT2D eigenvalue weighted by Gasteiger charge is 2.17. The van der Waals surface area contributed by atoms with Crippen LogP contribution in [0.5, 0.6) is 0 Å². The molecule has 0 radical (unpaired) electrons. The number of carbonyl (C=O) groups is 2. The SMILES string of the molecule is CC(C)[C@H](N)C(=O)NCC(=O)Nc1cccc(CS(C)(=O)=O)c1. The highest BCUT2D eigenvalue weighted by molar-refractivity contribution is 7.89. The van der Waals surface area contributed by atoms with Crippen molar-refractivity contribution in [2.45, 2.75) is 25.6 Å². The number of hydrogen-bond acceptors (Lipinski definition) is 5. The number of anilines is 1. The van der Waals surface area contributed by atoms with Crippen LogP contribution in [-0.2, 0) is 25.2 Å². The molecule has 0 aliphatic rings. The van der Waals surface area contributed by atoms with Crippen LogP contribution in [0.1, 0.15) is 19.4 Å². The predicted octanol–water partition coefficient (Wildman–Crippen LogP) is 0.269. The molecule has 23 heavy (non-hydrogen) atoms. The van der Waals surface area contributed by atoms with E-state index in [1.807, 2.05) is 13.8 Å². The molecule has 1 aromatic carbocycles. The number of rotatable bonds is 7. The summed E-state index contributed by atoms with van der Waals surface area (Å²) >= 11 is 0. The molecule has 0 saturated heterocycles. The molecule has 1 aromatic rings. The first-order valence-electron chi connectivity index (χ1n) is 7.18. The predicted molar refractivity (Wildman–Crippen MR) is 89.4 cm³/mol. The Labute approximate surface area is 136 Å². The number of amides is 2. The molecule has 0 bridgehead atoms. The Morgan fingerprint density at radius 3 is 2.48 bits per heavy atom. The lowest BCUT2D eigenvalue weighted by atomic mass is 10.1. The molecule has 0 heterocycles. The summed E-state index contributed by atoms with van der Waals surface area (Å²) in [5.41, 5.74) is 6.73. The maximum atomic E-state index is 11.8. The van der Waals surface area contributed by atoms with Crippen LogP contribution in [0.4, 0.5) is 5.69 Å². The molecule has 0 aliphatic heterocycles. The summed E-state index contributed by atoms with van der Waals surface area (Å²) in [5, 5.41) is 5.07. The van der Waals surface area contributed by atoms with E-state index in [2.05, 4.69) is 10.6 Å². The third-order valence-electron chi connectivity index (χ3n) is 3.08. The minimum atomic E-state index is -3.15. The first-order chi connectivity index (χ1) is 10.6. The van der Waals surface area contributed by atoms with E-state index in [1.165, 1.54) is 0 Å². The van der Waals surface area contributed by atoms with Crippen molar-refractivity contribution in [1.29, 1.82) is 0 Å². The zero-order chi connectivity index (χ0) is 17.6. The van der Waals surface area contributed by atoms with Gasteiger partial charge in [0.2, 0.25) is 11.8 Å². The lowest BCUT2D eigenvalue weighted by molar-refractivity contribution is -0.125. The van der Waals surface area contributed by atoms with Crippen molar-refractivity contribution in [2.24, 2.45) is 11.7 Å². The monoisotopic (exact) mass is 341 g/mol. The summed E-state index contributed by atoms with van der Waals surface area (Å²) in [7, 11) is -3.15. The average Bonchev–Trinajstić information content (AvgIpc) is 2.42. The number of nitrogens with one attached hydrogen (secondary N) is 2. The topological polar surface area (TPSA) is 118 Å². The summed E-state index contributed by atoms with van der Waals surface area (Å²) in [5.74, 6) is -0.922. The van der Waals surface area contributed by atoms with Gasteiger partial charge in [-0.15, -0.1) is 0 Å². The van der Waals surface area contributed by atoms with Crippen molar-refractivity contribution < 1.29 is 18.0 Å². The zero-order valence-corrected chi connectivity index (χ0v) is 14.3. The maximum absolute atomic E-state index is 11.8. The van der Waals surface area contributed by atoms with E-state index in [4.69, 9.17) is 5.73 Å². The second-order valence-electron chi connectivity index (χ2n) is 5.81. The van der Waals surface area contributed by atoms with Gasteiger partial charge < -0.3 is 16.4 Å². The Bertz CT molecular complexity index is 671. The molecule has 0 saturated carbocycles. The minimum absolute atomic E-state index is 0.0225. The molecule has 0 unspecified atom stereocenters. The molecule has 0 spiro atoms. The van der Waals surface area contributed by atoms with Crippen LogP contribution in [0, 0.1) is 5.92 Å². The molecule has 0 fully saturated rings. The normalized spacial score (nSPS) is 12.7. The smallest absolute Gasteiger partial charge is 0.243 e. The second-order valence-corrected chi connectivity index (χ2v) is 7.95. The van der Waals surface area contributed by atoms with E-state index in [-0.39, 0.29) is 24.1 Å². The molecular weight excluding hydrogens is 318 g/mol. The van der Waals surface area contributed by atoms with E-state index < -0.39 is 21.8 Å². The van der Waals surface area contributed by atoms with Crippen LogP contribution in [0.25, 0.3) is 0 Å². The first kappa shape index (κ1) is 19.1. The molecule has 0 aliphatic carbocycles. The molecule has 128 valence electrons. The van der Waals surface area contributed by atoms with E-state index in [0.717, 1.165) is 6.26 Å². The Hall–Kier alpha value is -1.93. The lowest BCUT2D eigenvalue weighted by Crippen LogP contribution is -2.46. The van der Waals surface area contributed by atoms with Gasteiger partial charge in [0.15, 0.2) is 9.84 Å². The molecule has 1 atom stereocenters. The van der Waals surface area contributed by atoms with Crippen LogP contribution < -0.4 is 16.4 Å². The highest BCUT2D eigenvalue weighted by atomic mass is 32.2. The van der Waals surface area contributed by atoms with E-state index in [0.29, 0.717) is 11.3 Å². The van der Waals surface area contributed by atoms with Gasteiger partial charge in [-0.3, -0.25) is 9.59 Å². The maximum Gasteiger partial charge on any atom is 0.243 e. The van der Waals surface area contributed by atoms with Crippen molar-refractivity contribution in [3.8, 4) is 0 Å². The van der Waals surface area contributed by atoms with E-state index >= 15 is 0 Å². The van der Waals surface area contributed by atoms with Gasteiger partial charge in [0.05, 0.1) is 18.3 Å². The Morgan fingerprint density at radius 2 is 1.91 bits per heavy atom. The fourth-order valence-corrected chi connectivity index (χ4v) is 2.62. The Morgan fingerprint density at radius 1 is 1.26 bits per heavy atom. The highest BCUT2D eigenvalue weighted by Crippen LogP contribution is 2.12. The quantitative estimate of drug-likeness (QED) is 0.658. The van der Waals surface area contributed by atoms with Gasteiger partial charge in [-0.05, 0) is 23.6 Å². The van der Waals surface area contributed by atoms with Crippen LogP contribution in [0.2, 0.25) is 0 Å². The van der Waals surface area contributed by atoms with Gasteiger partial charge >= 0.3 is 0 Å². The van der Waals surface area contributed by atoms with Crippen LogP contribution >= 0.6 is 0 Å². The van der Waals surface area contributed by atoms with Gasteiger partial charge in [-0.2, -0.15) is 0 Å². The standard InChI is InChI=1S/C15H23N3O4S/c1-10(2)14(16)15(20)17-8-13(19)18-12-6-4-5-11(7-12)9-23(3,21)22/h4-7,10,14H,8-9,16H2,1-3H3,(H,17,20)(H,18,19)/t14-/m0/s1. The summed E-state index contributed by atoms with van der Waals surface area (Å²) in [6.07, 6.45) is 1.14. The van der Waals surface area contributed by atoms with Gasteiger partial charge in [0.25, 0.3) is 0 Å². The number of nitrogens with two attached hydrogens (primary N) is 1. The molecule has 7 nitrogen and oxygen atoms in total. The van der Waals surface area contributed by atoms with Gasteiger partial charge in [0, 0.05) is 11.9 Å². The summed E-state index contributed by atoms with van der Waals surface area (Å²) in [6, 6.07) is 5.89. The minimum Gasteiger partial charge on any atom is -0.346 e. The Balaban J connectivity index is 2.58. The molecule has 0 aromatic heterocycles. The number of hydrogen-bond donors (Lipinski definition) is 3.